The molecule has 2 unspecified atom stereocenters. The van der Waals surface area contributed by atoms with Gasteiger partial charge >= 0.3 is 5.97 Å². The fourth-order valence-electron chi connectivity index (χ4n) is 1.73. The molecule has 0 radical (unpaired) electrons. The summed E-state index contributed by atoms with van der Waals surface area (Å²) in [4.78, 5) is 23.8. The first kappa shape index (κ1) is 11.1. The van der Waals surface area contributed by atoms with Crippen LogP contribution in [0.5, 0.6) is 0 Å². The van der Waals surface area contributed by atoms with Gasteiger partial charge in [0.1, 0.15) is 17.2 Å². The van der Waals surface area contributed by atoms with Gasteiger partial charge in [-0.2, -0.15) is 0 Å². The maximum atomic E-state index is 11.5. The molecule has 0 saturated carbocycles. The predicted molar refractivity (Wildman–Crippen MR) is 57.9 cm³/mol. The Bertz CT molecular complexity index is 403. The van der Waals surface area contributed by atoms with Gasteiger partial charge in [0.2, 0.25) is 5.91 Å². The Labute approximate surface area is 96.4 Å². The summed E-state index contributed by atoms with van der Waals surface area (Å²) in [5.41, 5.74) is 0. The first-order valence-electron chi connectivity index (χ1n) is 4.78. The Morgan fingerprint density at radius 1 is 1.62 bits per heavy atom. The Kier molecular flexibility index (Phi) is 2.91. The first-order chi connectivity index (χ1) is 7.61. The van der Waals surface area contributed by atoms with Gasteiger partial charge in [-0.1, -0.05) is 0 Å². The van der Waals surface area contributed by atoms with Crippen LogP contribution < -0.4 is 0 Å². The van der Waals surface area contributed by atoms with Crippen molar-refractivity contribution in [3.8, 4) is 0 Å². The molecule has 2 rings (SSSR count). The SMILES string of the molecule is CC(=O)N1C(C(=O)O)CSC1c1ccco1. The maximum absolute atomic E-state index is 11.5. The molecule has 1 aromatic heterocycles. The Hall–Kier alpha value is -1.43. The number of nitrogens with zero attached hydrogens (tertiary/aromatic N) is 1. The van der Waals surface area contributed by atoms with Crippen molar-refractivity contribution in [2.75, 3.05) is 5.75 Å². The minimum Gasteiger partial charge on any atom is -0.480 e. The number of carbonyl (C=O) groups excluding carboxylic acids is 1. The molecule has 0 aliphatic carbocycles. The second-order valence-corrected chi connectivity index (χ2v) is 4.59. The number of hydrogen-bond acceptors (Lipinski definition) is 4. The molecule has 16 heavy (non-hydrogen) atoms. The van der Waals surface area contributed by atoms with Gasteiger partial charge in [0, 0.05) is 12.7 Å². The molecule has 2 atom stereocenters. The third kappa shape index (κ3) is 1.80. The zero-order valence-electron chi connectivity index (χ0n) is 8.62. The normalized spacial score (nSPS) is 24.7. The number of hydrogen-bond donors (Lipinski definition) is 1. The van der Waals surface area contributed by atoms with Crippen LogP contribution in [0, 0.1) is 0 Å². The summed E-state index contributed by atoms with van der Waals surface area (Å²) in [6.07, 6.45) is 1.52. The smallest absolute Gasteiger partial charge is 0.327 e. The lowest BCUT2D eigenvalue weighted by molar-refractivity contribution is -0.148. The molecule has 1 amide bonds. The largest absolute Gasteiger partial charge is 0.480 e. The van der Waals surface area contributed by atoms with E-state index in [1.807, 2.05) is 0 Å². The van der Waals surface area contributed by atoms with Crippen molar-refractivity contribution in [1.82, 2.24) is 4.90 Å². The van der Waals surface area contributed by atoms with Gasteiger partial charge in [-0.15, -0.1) is 11.8 Å². The van der Waals surface area contributed by atoms with Gasteiger partial charge in [0.15, 0.2) is 0 Å². The minimum absolute atomic E-state index is 0.251. The van der Waals surface area contributed by atoms with E-state index in [1.165, 1.54) is 29.8 Å². The fourth-order valence-corrected chi connectivity index (χ4v) is 3.15. The summed E-state index contributed by atoms with van der Waals surface area (Å²) in [5, 5.41) is 8.68. The molecule has 0 aromatic carbocycles. The predicted octanol–water partition coefficient (Wildman–Crippen LogP) is 1.33. The van der Waals surface area contributed by atoms with Crippen molar-refractivity contribution in [2.24, 2.45) is 0 Å². The van der Waals surface area contributed by atoms with E-state index < -0.39 is 12.0 Å². The van der Waals surface area contributed by atoms with Crippen LogP contribution in [0.4, 0.5) is 0 Å². The molecule has 0 bridgehead atoms. The lowest BCUT2D eigenvalue weighted by Gasteiger charge is -2.24. The molecule has 2 heterocycles. The standard InChI is InChI=1S/C10H11NO4S/c1-6(12)11-7(10(13)14)5-16-9(11)8-3-2-4-15-8/h2-4,7,9H,5H2,1H3,(H,13,14). The van der Waals surface area contributed by atoms with E-state index in [4.69, 9.17) is 9.52 Å². The molecule has 86 valence electrons. The summed E-state index contributed by atoms with van der Waals surface area (Å²) in [6.45, 7) is 1.37. The topological polar surface area (TPSA) is 70.8 Å². The van der Waals surface area contributed by atoms with Crippen LogP contribution in [-0.2, 0) is 9.59 Å². The quantitative estimate of drug-likeness (QED) is 0.845. The molecule has 0 spiro atoms. The van der Waals surface area contributed by atoms with E-state index in [-0.39, 0.29) is 11.3 Å². The van der Waals surface area contributed by atoms with E-state index in [0.29, 0.717) is 11.5 Å². The van der Waals surface area contributed by atoms with Crippen molar-refractivity contribution >= 4 is 23.6 Å². The van der Waals surface area contributed by atoms with Gasteiger partial charge in [-0.25, -0.2) is 4.79 Å². The molecular weight excluding hydrogens is 230 g/mol. The zero-order chi connectivity index (χ0) is 11.7. The van der Waals surface area contributed by atoms with Crippen LogP contribution in [0.15, 0.2) is 22.8 Å². The highest BCUT2D eigenvalue weighted by Gasteiger charge is 2.42. The lowest BCUT2D eigenvalue weighted by atomic mass is 10.2. The number of rotatable bonds is 2. The lowest BCUT2D eigenvalue weighted by Crippen LogP contribution is -2.41. The van der Waals surface area contributed by atoms with Crippen molar-refractivity contribution in [3.05, 3.63) is 24.2 Å². The molecule has 1 saturated heterocycles. The van der Waals surface area contributed by atoms with Crippen molar-refractivity contribution in [3.63, 3.8) is 0 Å². The second-order valence-electron chi connectivity index (χ2n) is 3.48. The highest BCUT2D eigenvalue weighted by atomic mass is 32.2. The van der Waals surface area contributed by atoms with E-state index in [1.54, 1.807) is 12.1 Å². The van der Waals surface area contributed by atoms with Gasteiger partial charge in [-0.3, -0.25) is 4.79 Å². The first-order valence-corrected chi connectivity index (χ1v) is 5.83. The van der Waals surface area contributed by atoms with Crippen LogP contribution >= 0.6 is 11.8 Å². The summed E-state index contributed by atoms with van der Waals surface area (Å²) in [6, 6.07) is 2.71. The summed E-state index contributed by atoms with van der Waals surface area (Å²) in [7, 11) is 0. The highest BCUT2D eigenvalue weighted by Crippen LogP contribution is 2.41. The van der Waals surface area contributed by atoms with Gasteiger partial charge in [-0.05, 0) is 12.1 Å². The average Bonchev–Trinajstić information content (AvgIpc) is 2.85. The Morgan fingerprint density at radius 3 is 2.88 bits per heavy atom. The van der Waals surface area contributed by atoms with Crippen LogP contribution in [0.3, 0.4) is 0 Å². The van der Waals surface area contributed by atoms with E-state index in [9.17, 15) is 9.59 Å². The second kappa shape index (κ2) is 4.21. The van der Waals surface area contributed by atoms with Gasteiger partial charge in [0.25, 0.3) is 0 Å². The van der Waals surface area contributed by atoms with Crippen molar-refractivity contribution in [1.29, 1.82) is 0 Å². The molecule has 1 fully saturated rings. The maximum Gasteiger partial charge on any atom is 0.327 e. The Morgan fingerprint density at radius 2 is 2.38 bits per heavy atom. The fraction of sp³-hybridized carbons (Fsp3) is 0.400. The number of carboxylic acid groups (broad SMARTS) is 1. The summed E-state index contributed by atoms with van der Waals surface area (Å²) >= 11 is 1.40. The highest BCUT2D eigenvalue weighted by molar-refractivity contribution is 7.99. The molecule has 1 aliphatic rings. The zero-order valence-corrected chi connectivity index (χ0v) is 9.44. The minimum atomic E-state index is -0.975. The molecule has 1 aromatic rings. The van der Waals surface area contributed by atoms with Crippen LogP contribution in [-0.4, -0.2) is 33.7 Å². The molecule has 6 heteroatoms. The monoisotopic (exact) mass is 241 g/mol. The molecule has 5 nitrogen and oxygen atoms in total. The van der Waals surface area contributed by atoms with Crippen LogP contribution in [0.1, 0.15) is 18.1 Å². The molecular formula is C10H11NO4S. The summed E-state index contributed by atoms with van der Waals surface area (Å²) < 4.78 is 5.22. The van der Waals surface area contributed by atoms with E-state index >= 15 is 0 Å². The van der Waals surface area contributed by atoms with Gasteiger partial charge < -0.3 is 14.4 Å². The number of carboxylic acids is 1. The summed E-state index contributed by atoms with van der Waals surface area (Å²) in [5.74, 6) is -0.222. The third-order valence-corrected chi connectivity index (χ3v) is 3.72. The third-order valence-electron chi connectivity index (χ3n) is 2.44. The van der Waals surface area contributed by atoms with Crippen LogP contribution in [0.25, 0.3) is 0 Å². The van der Waals surface area contributed by atoms with Crippen molar-refractivity contribution < 1.29 is 19.1 Å². The van der Waals surface area contributed by atoms with Crippen molar-refractivity contribution in [2.45, 2.75) is 18.3 Å². The van der Waals surface area contributed by atoms with E-state index in [0.717, 1.165) is 0 Å². The van der Waals surface area contributed by atoms with E-state index in [2.05, 4.69) is 0 Å². The average molecular weight is 241 g/mol. The molecule has 1 N–H and O–H groups in total. The Balaban J connectivity index is 2.28. The van der Waals surface area contributed by atoms with Crippen LogP contribution in [0.2, 0.25) is 0 Å². The number of carbonyl (C=O) groups is 2. The number of furan rings is 1. The molecule has 1 aliphatic heterocycles. The number of aliphatic carboxylic acids is 1. The number of thioether (sulfide) groups is 1. The number of amides is 1. The van der Waals surface area contributed by atoms with Gasteiger partial charge in [0.05, 0.1) is 6.26 Å².